The lowest BCUT2D eigenvalue weighted by Gasteiger charge is -2.32. The maximum Gasteiger partial charge on any atom is 0.144 e. The number of rotatable bonds is 3. The van der Waals surface area contributed by atoms with Gasteiger partial charge in [-0.05, 0) is 71.8 Å². The molecule has 3 nitrogen and oxygen atoms in total. The molecule has 0 radical (unpaired) electrons. The normalized spacial score (nSPS) is 12.6. The highest BCUT2D eigenvalue weighted by atomic mass is 32.2. The van der Waals surface area contributed by atoms with E-state index in [4.69, 9.17) is 9.40 Å². The van der Waals surface area contributed by atoms with Gasteiger partial charge < -0.3 is 9.32 Å². The van der Waals surface area contributed by atoms with E-state index in [1.807, 2.05) is 23.9 Å². The van der Waals surface area contributed by atoms with Crippen molar-refractivity contribution in [3.63, 3.8) is 0 Å². The molecule has 0 amide bonds. The van der Waals surface area contributed by atoms with E-state index in [1.54, 1.807) is 0 Å². The van der Waals surface area contributed by atoms with Crippen molar-refractivity contribution in [3.05, 3.63) is 158 Å². The lowest BCUT2D eigenvalue weighted by molar-refractivity contribution is 0.673. The van der Waals surface area contributed by atoms with Crippen LogP contribution in [-0.4, -0.2) is 4.98 Å². The number of aromatic nitrogens is 1. The molecule has 0 bridgehead atoms. The molecule has 0 N–H and O–H groups in total. The van der Waals surface area contributed by atoms with Crippen molar-refractivity contribution >= 4 is 72.4 Å². The van der Waals surface area contributed by atoms with Crippen LogP contribution in [0.25, 0.3) is 66.0 Å². The summed E-state index contributed by atoms with van der Waals surface area (Å²) in [7, 11) is 0. The number of furan rings is 1. The quantitative estimate of drug-likeness (QED) is 0.184. The van der Waals surface area contributed by atoms with Gasteiger partial charge in [-0.2, -0.15) is 0 Å². The van der Waals surface area contributed by atoms with Crippen LogP contribution in [0.2, 0.25) is 0 Å². The van der Waals surface area contributed by atoms with Gasteiger partial charge in [0.15, 0.2) is 0 Å². The van der Waals surface area contributed by atoms with Crippen LogP contribution in [0.5, 0.6) is 0 Å². The van der Waals surface area contributed by atoms with Crippen LogP contribution in [0.3, 0.4) is 0 Å². The Morgan fingerprint density at radius 1 is 0.489 bits per heavy atom. The minimum Gasteiger partial charge on any atom is -0.455 e. The first-order valence-electron chi connectivity index (χ1n) is 15.8. The molecule has 4 heteroatoms. The first kappa shape index (κ1) is 26.4. The van der Waals surface area contributed by atoms with Crippen LogP contribution in [0.4, 0.5) is 17.1 Å². The van der Waals surface area contributed by atoms with Crippen LogP contribution < -0.4 is 4.90 Å². The number of anilines is 3. The second-order valence-electron chi connectivity index (χ2n) is 11.9. The number of fused-ring (bicyclic) bond motifs is 9. The number of para-hydroxylation sites is 3. The Hall–Kier alpha value is -5.84. The van der Waals surface area contributed by atoms with Gasteiger partial charge in [-0.3, -0.25) is 0 Å². The molecular weight excluding hydrogens is 593 g/mol. The van der Waals surface area contributed by atoms with Crippen LogP contribution in [0, 0.1) is 0 Å². The monoisotopic (exact) mass is 618 g/mol. The summed E-state index contributed by atoms with van der Waals surface area (Å²) >= 11 is 1.83. The smallest absolute Gasteiger partial charge is 0.144 e. The van der Waals surface area contributed by atoms with Crippen molar-refractivity contribution in [3.8, 4) is 22.4 Å². The Morgan fingerprint density at radius 2 is 1.15 bits per heavy atom. The average Bonchev–Trinajstić information content (AvgIpc) is 3.52. The first-order valence-corrected chi connectivity index (χ1v) is 16.6. The van der Waals surface area contributed by atoms with Crippen LogP contribution in [0.1, 0.15) is 0 Å². The van der Waals surface area contributed by atoms with Crippen LogP contribution >= 0.6 is 11.8 Å². The van der Waals surface area contributed by atoms with E-state index in [0.717, 1.165) is 66.1 Å². The summed E-state index contributed by atoms with van der Waals surface area (Å²) in [4.78, 5) is 10.0. The molecule has 47 heavy (non-hydrogen) atoms. The molecule has 0 aliphatic carbocycles. The SMILES string of the molecule is c1ccc(-c2nc3ccccc3c3c2ccc2c4cc(-c5ccc(N6c7ccccc7Sc7ccccc76)cc5)ccc4oc23)cc1. The Bertz CT molecular complexity index is 2610. The molecular formula is C43H26N2OS. The largest absolute Gasteiger partial charge is 0.455 e. The molecule has 0 unspecified atom stereocenters. The second-order valence-corrected chi connectivity index (χ2v) is 13.0. The Morgan fingerprint density at radius 3 is 1.94 bits per heavy atom. The maximum absolute atomic E-state index is 6.68. The van der Waals surface area contributed by atoms with Gasteiger partial charge in [0.2, 0.25) is 0 Å². The molecule has 0 fully saturated rings. The average molecular weight is 619 g/mol. The number of benzene rings is 7. The minimum absolute atomic E-state index is 0.883. The number of hydrogen-bond acceptors (Lipinski definition) is 4. The molecule has 2 aromatic heterocycles. The van der Waals surface area contributed by atoms with Gasteiger partial charge in [-0.15, -0.1) is 0 Å². The summed E-state index contributed by atoms with van der Waals surface area (Å²) < 4.78 is 6.68. The summed E-state index contributed by atoms with van der Waals surface area (Å²) in [6.07, 6.45) is 0. The fourth-order valence-corrected chi connectivity index (χ4v) is 8.11. The molecule has 0 spiro atoms. The van der Waals surface area contributed by atoms with Crippen LogP contribution in [-0.2, 0) is 0 Å². The zero-order chi connectivity index (χ0) is 30.9. The number of hydrogen-bond donors (Lipinski definition) is 0. The molecule has 0 saturated heterocycles. The van der Waals surface area contributed by atoms with E-state index in [9.17, 15) is 0 Å². The fraction of sp³-hybridized carbons (Fsp3) is 0. The zero-order valence-corrected chi connectivity index (χ0v) is 26.0. The van der Waals surface area contributed by atoms with Gasteiger partial charge in [-0.25, -0.2) is 4.98 Å². The van der Waals surface area contributed by atoms with Crippen molar-refractivity contribution in [2.75, 3.05) is 4.90 Å². The third kappa shape index (κ3) is 4.12. The van der Waals surface area contributed by atoms with E-state index in [1.165, 1.54) is 26.7 Å². The van der Waals surface area contributed by atoms with Crippen molar-refractivity contribution in [1.29, 1.82) is 0 Å². The summed E-state index contributed by atoms with van der Waals surface area (Å²) in [5.74, 6) is 0. The Kier molecular flexibility index (Phi) is 5.81. The summed E-state index contributed by atoms with van der Waals surface area (Å²) in [6, 6.07) is 55.9. The lowest BCUT2D eigenvalue weighted by atomic mass is 9.97. The lowest BCUT2D eigenvalue weighted by Crippen LogP contribution is -2.14. The molecule has 3 heterocycles. The Labute approximate surface area is 275 Å². The highest BCUT2D eigenvalue weighted by Gasteiger charge is 2.24. The van der Waals surface area contributed by atoms with Crippen LogP contribution in [0.15, 0.2) is 172 Å². The molecule has 7 aromatic carbocycles. The molecule has 220 valence electrons. The summed E-state index contributed by atoms with van der Waals surface area (Å²) in [6.45, 7) is 0. The molecule has 0 saturated carbocycles. The molecule has 1 aliphatic rings. The second kappa shape index (κ2) is 10.3. The highest BCUT2D eigenvalue weighted by molar-refractivity contribution is 7.99. The third-order valence-corrected chi connectivity index (χ3v) is 10.4. The van der Waals surface area contributed by atoms with E-state index < -0.39 is 0 Å². The predicted molar refractivity (Wildman–Crippen MR) is 196 cm³/mol. The van der Waals surface area contributed by atoms with Gasteiger partial charge in [0.25, 0.3) is 0 Å². The number of nitrogens with zero attached hydrogens (tertiary/aromatic N) is 2. The topological polar surface area (TPSA) is 29.3 Å². The summed E-state index contributed by atoms with van der Waals surface area (Å²) in [5, 5.41) is 5.52. The van der Waals surface area contributed by atoms with Crippen molar-refractivity contribution in [2.45, 2.75) is 9.79 Å². The van der Waals surface area contributed by atoms with E-state index in [0.29, 0.717) is 0 Å². The molecule has 1 aliphatic heterocycles. The third-order valence-electron chi connectivity index (χ3n) is 9.24. The maximum atomic E-state index is 6.68. The Balaban J connectivity index is 1.11. The standard InChI is InChI=1S/C43H26N2OS/c1-2-10-28(11-3-1)42-33-24-23-31-34-26-29(20-25-38(34)46-43(31)41(33)32-12-4-5-13-35(32)44-42)27-18-21-30(22-19-27)45-36-14-6-8-16-39(36)47-40-17-9-7-15-37(40)45/h1-26H. The van der Waals surface area contributed by atoms with Crippen molar-refractivity contribution < 1.29 is 4.42 Å². The highest BCUT2D eigenvalue weighted by Crippen LogP contribution is 2.51. The minimum atomic E-state index is 0.883. The fourth-order valence-electron chi connectivity index (χ4n) is 7.05. The van der Waals surface area contributed by atoms with Gasteiger partial charge in [0.05, 0.1) is 22.6 Å². The van der Waals surface area contributed by atoms with Gasteiger partial charge >= 0.3 is 0 Å². The molecule has 10 rings (SSSR count). The van der Waals surface area contributed by atoms with E-state index >= 15 is 0 Å². The molecule has 9 aromatic rings. The van der Waals surface area contributed by atoms with Crippen molar-refractivity contribution in [1.82, 2.24) is 4.98 Å². The van der Waals surface area contributed by atoms with Gasteiger partial charge in [0.1, 0.15) is 11.2 Å². The zero-order valence-electron chi connectivity index (χ0n) is 25.2. The van der Waals surface area contributed by atoms with E-state index in [-0.39, 0.29) is 0 Å². The van der Waals surface area contributed by atoms with E-state index in [2.05, 4.69) is 150 Å². The molecule has 0 atom stereocenters. The predicted octanol–water partition coefficient (Wildman–Crippen LogP) is 12.6. The summed E-state index contributed by atoms with van der Waals surface area (Å²) in [5.41, 5.74) is 10.7. The van der Waals surface area contributed by atoms with Gasteiger partial charge in [-0.1, -0.05) is 109 Å². The van der Waals surface area contributed by atoms with Crippen molar-refractivity contribution in [2.24, 2.45) is 0 Å². The number of pyridine rings is 1. The van der Waals surface area contributed by atoms with Gasteiger partial charge in [0, 0.05) is 48.0 Å². The first-order chi connectivity index (χ1) is 23.3.